The Labute approximate surface area is 159 Å². The standard InChI is InChI=1S/C18H20F3N3O2S/c1-10-8-11(2)15(13-7-5-4-6-12(10)13)24-16(18(19,20)21)22-23-17(24)27-9-14(25)26-3/h8H,4-7,9H2,1-3H3. The number of methoxy groups -OCH3 is 1. The lowest BCUT2D eigenvalue weighted by molar-refractivity contribution is -0.146. The van der Waals surface area contributed by atoms with Crippen molar-refractivity contribution in [2.75, 3.05) is 12.9 Å². The Morgan fingerprint density at radius 1 is 1.19 bits per heavy atom. The van der Waals surface area contributed by atoms with Crippen molar-refractivity contribution in [1.29, 1.82) is 0 Å². The van der Waals surface area contributed by atoms with E-state index in [-0.39, 0.29) is 10.9 Å². The Hall–Kier alpha value is -2.03. The average molecular weight is 399 g/mol. The smallest absolute Gasteiger partial charge is 0.452 e. The second-order valence-corrected chi connectivity index (χ2v) is 7.47. The van der Waals surface area contributed by atoms with E-state index >= 15 is 0 Å². The van der Waals surface area contributed by atoms with Crippen LogP contribution in [0.5, 0.6) is 0 Å². The highest BCUT2D eigenvalue weighted by Gasteiger charge is 2.40. The summed E-state index contributed by atoms with van der Waals surface area (Å²) in [6.07, 6.45) is -1.14. The number of carbonyl (C=O) groups is 1. The van der Waals surface area contributed by atoms with E-state index in [0.29, 0.717) is 12.1 Å². The van der Waals surface area contributed by atoms with E-state index in [1.54, 1.807) is 6.92 Å². The molecule has 9 heteroatoms. The summed E-state index contributed by atoms with van der Waals surface area (Å²) in [5, 5.41) is 7.16. The molecule has 146 valence electrons. The minimum Gasteiger partial charge on any atom is -0.468 e. The topological polar surface area (TPSA) is 57.0 Å². The van der Waals surface area contributed by atoms with Crippen LogP contribution in [-0.4, -0.2) is 33.6 Å². The number of rotatable bonds is 4. The molecule has 0 amide bonds. The van der Waals surface area contributed by atoms with Gasteiger partial charge in [-0.3, -0.25) is 9.36 Å². The number of aryl methyl sites for hydroxylation is 2. The molecule has 1 heterocycles. The van der Waals surface area contributed by atoms with E-state index in [0.717, 1.165) is 57.8 Å². The molecule has 0 spiro atoms. The molecule has 0 fully saturated rings. The van der Waals surface area contributed by atoms with Gasteiger partial charge in [-0.2, -0.15) is 13.2 Å². The fourth-order valence-electron chi connectivity index (χ4n) is 3.56. The summed E-state index contributed by atoms with van der Waals surface area (Å²) in [5.41, 5.74) is 4.34. The van der Waals surface area contributed by atoms with Crippen LogP contribution < -0.4 is 0 Å². The maximum atomic E-state index is 13.6. The van der Waals surface area contributed by atoms with Gasteiger partial charge in [0.1, 0.15) is 0 Å². The number of benzene rings is 1. The van der Waals surface area contributed by atoms with Crippen molar-refractivity contribution in [2.45, 2.75) is 50.9 Å². The van der Waals surface area contributed by atoms with Gasteiger partial charge >= 0.3 is 12.1 Å². The van der Waals surface area contributed by atoms with Gasteiger partial charge in [0, 0.05) is 0 Å². The van der Waals surface area contributed by atoms with Crippen LogP contribution in [0, 0.1) is 13.8 Å². The van der Waals surface area contributed by atoms with Crippen molar-refractivity contribution in [2.24, 2.45) is 0 Å². The molecule has 1 aromatic heterocycles. The van der Waals surface area contributed by atoms with E-state index in [1.807, 2.05) is 13.0 Å². The number of esters is 1. The monoisotopic (exact) mass is 399 g/mol. The van der Waals surface area contributed by atoms with Crippen molar-refractivity contribution in [3.05, 3.63) is 34.1 Å². The van der Waals surface area contributed by atoms with E-state index in [4.69, 9.17) is 0 Å². The van der Waals surface area contributed by atoms with Crippen molar-refractivity contribution in [3.8, 4) is 5.69 Å². The number of alkyl halides is 3. The van der Waals surface area contributed by atoms with Gasteiger partial charge in [-0.1, -0.05) is 17.8 Å². The molecule has 1 aromatic carbocycles. The number of carbonyl (C=O) groups excluding carboxylic acids is 1. The molecule has 0 N–H and O–H groups in total. The second kappa shape index (κ2) is 7.53. The molecule has 0 unspecified atom stereocenters. The zero-order valence-corrected chi connectivity index (χ0v) is 16.1. The Kier molecular flexibility index (Phi) is 5.50. The van der Waals surface area contributed by atoms with E-state index in [1.165, 1.54) is 7.11 Å². The Bertz CT molecular complexity index is 878. The molecule has 0 radical (unpaired) electrons. The average Bonchev–Trinajstić information content (AvgIpc) is 3.03. The van der Waals surface area contributed by atoms with Crippen molar-refractivity contribution in [1.82, 2.24) is 14.8 Å². The molecule has 1 aliphatic carbocycles. The lowest BCUT2D eigenvalue weighted by Gasteiger charge is -2.25. The summed E-state index contributed by atoms with van der Waals surface area (Å²) in [7, 11) is 1.23. The number of halogens is 3. The molecule has 0 aliphatic heterocycles. The molecule has 5 nitrogen and oxygen atoms in total. The van der Waals surface area contributed by atoms with Crippen LogP contribution in [0.15, 0.2) is 11.2 Å². The summed E-state index contributed by atoms with van der Waals surface area (Å²) >= 11 is 0.890. The van der Waals surface area contributed by atoms with Crippen LogP contribution in [-0.2, 0) is 28.5 Å². The maximum absolute atomic E-state index is 13.6. The first-order valence-electron chi connectivity index (χ1n) is 8.58. The van der Waals surface area contributed by atoms with Crippen molar-refractivity contribution in [3.63, 3.8) is 0 Å². The molecule has 2 aromatic rings. The first kappa shape index (κ1) is 19.7. The van der Waals surface area contributed by atoms with Gasteiger partial charge in [-0.15, -0.1) is 10.2 Å². The number of aromatic nitrogens is 3. The molecule has 3 rings (SSSR count). The zero-order valence-electron chi connectivity index (χ0n) is 15.3. The van der Waals surface area contributed by atoms with Crippen LogP contribution in [0.25, 0.3) is 5.69 Å². The number of fused-ring (bicyclic) bond motifs is 1. The normalized spacial score (nSPS) is 14.1. The van der Waals surface area contributed by atoms with Crippen molar-refractivity contribution < 1.29 is 22.7 Å². The highest BCUT2D eigenvalue weighted by molar-refractivity contribution is 7.99. The van der Waals surface area contributed by atoms with E-state index in [2.05, 4.69) is 14.9 Å². The first-order chi connectivity index (χ1) is 12.7. The van der Waals surface area contributed by atoms with Crippen LogP contribution in [0.4, 0.5) is 13.2 Å². The Morgan fingerprint density at radius 3 is 2.48 bits per heavy atom. The number of nitrogens with zero attached hydrogens (tertiary/aromatic N) is 3. The third-order valence-corrected chi connectivity index (χ3v) is 5.60. The highest BCUT2D eigenvalue weighted by Crippen LogP contribution is 2.38. The van der Waals surface area contributed by atoms with E-state index in [9.17, 15) is 18.0 Å². The summed E-state index contributed by atoms with van der Waals surface area (Å²) in [6.45, 7) is 3.79. The Morgan fingerprint density at radius 2 is 1.85 bits per heavy atom. The SMILES string of the molecule is COC(=O)CSc1nnc(C(F)(F)F)n1-c1c(C)cc(C)c2c1CCCC2. The third-order valence-electron chi connectivity index (χ3n) is 4.69. The van der Waals surface area contributed by atoms with Crippen LogP contribution >= 0.6 is 11.8 Å². The summed E-state index contributed by atoms with van der Waals surface area (Å²) in [5.74, 6) is -1.75. The highest BCUT2D eigenvalue weighted by atomic mass is 32.2. The van der Waals surface area contributed by atoms with Gasteiger partial charge in [0.05, 0.1) is 18.6 Å². The minimum atomic E-state index is -4.66. The number of hydrogen-bond acceptors (Lipinski definition) is 5. The van der Waals surface area contributed by atoms with Gasteiger partial charge in [-0.25, -0.2) is 0 Å². The van der Waals surface area contributed by atoms with Crippen LogP contribution in [0.3, 0.4) is 0 Å². The number of thioether (sulfide) groups is 1. The molecule has 0 bridgehead atoms. The van der Waals surface area contributed by atoms with Gasteiger partial charge in [-0.05, 0) is 61.8 Å². The molecular weight excluding hydrogens is 379 g/mol. The second-order valence-electron chi connectivity index (χ2n) is 6.53. The predicted molar refractivity (Wildman–Crippen MR) is 95.2 cm³/mol. The van der Waals surface area contributed by atoms with Crippen LogP contribution in [0.2, 0.25) is 0 Å². The summed E-state index contributed by atoms with van der Waals surface area (Å²) in [6, 6.07) is 1.91. The quantitative estimate of drug-likeness (QED) is 0.574. The third kappa shape index (κ3) is 3.83. The van der Waals surface area contributed by atoms with Gasteiger partial charge in [0.15, 0.2) is 5.16 Å². The molecular formula is C18H20F3N3O2S. The summed E-state index contributed by atoms with van der Waals surface area (Å²) < 4.78 is 46.5. The van der Waals surface area contributed by atoms with Crippen molar-refractivity contribution >= 4 is 17.7 Å². The minimum absolute atomic E-state index is 0.0347. The summed E-state index contributed by atoms with van der Waals surface area (Å²) in [4.78, 5) is 11.5. The number of ether oxygens (including phenoxy) is 1. The van der Waals surface area contributed by atoms with Gasteiger partial charge in [0.2, 0.25) is 5.82 Å². The maximum Gasteiger partial charge on any atom is 0.452 e. The fraction of sp³-hybridized carbons (Fsp3) is 0.500. The molecule has 0 saturated carbocycles. The predicted octanol–water partition coefficient (Wildman–Crippen LogP) is 4.05. The fourth-order valence-corrected chi connectivity index (χ4v) is 4.33. The number of hydrogen-bond donors (Lipinski definition) is 0. The lowest BCUT2D eigenvalue weighted by atomic mass is 9.85. The molecule has 27 heavy (non-hydrogen) atoms. The zero-order chi connectivity index (χ0) is 19.8. The van der Waals surface area contributed by atoms with Gasteiger partial charge < -0.3 is 4.74 Å². The van der Waals surface area contributed by atoms with Gasteiger partial charge in [0.25, 0.3) is 0 Å². The first-order valence-corrected chi connectivity index (χ1v) is 9.57. The molecule has 0 saturated heterocycles. The van der Waals surface area contributed by atoms with E-state index < -0.39 is 18.0 Å². The lowest BCUT2D eigenvalue weighted by Crippen LogP contribution is -2.19. The molecule has 1 aliphatic rings. The molecule has 0 atom stereocenters. The van der Waals surface area contributed by atoms with Crippen LogP contribution in [0.1, 0.15) is 40.9 Å². The Balaban J connectivity index is 2.21. The largest absolute Gasteiger partial charge is 0.468 e.